The molecule has 0 aliphatic carbocycles. The van der Waals surface area contributed by atoms with Crippen LogP contribution in [0.2, 0.25) is 0 Å². The summed E-state index contributed by atoms with van der Waals surface area (Å²) in [7, 11) is 0. The largest absolute Gasteiger partial charge is 0.444 e. The van der Waals surface area contributed by atoms with Gasteiger partial charge in [0.05, 0.1) is 0 Å². The molecule has 1 unspecified atom stereocenters. The number of piperidine rings is 1. The molecule has 0 spiro atoms. The van der Waals surface area contributed by atoms with Gasteiger partial charge in [0, 0.05) is 31.2 Å². The van der Waals surface area contributed by atoms with E-state index < -0.39 is 5.60 Å². The minimum absolute atomic E-state index is 0.0687. The number of nitrogens with zero attached hydrogens (tertiary/aromatic N) is 2. The SMILES string of the molecule is CC(C)C(=O)N(CC1CCCN(C(=O)OC(C)(C)C)C1)c1ccccc1. The van der Waals surface area contributed by atoms with Crippen LogP contribution < -0.4 is 4.90 Å². The molecule has 1 fully saturated rings. The monoisotopic (exact) mass is 360 g/mol. The Bertz CT molecular complexity index is 607. The zero-order valence-electron chi connectivity index (χ0n) is 16.7. The maximum absolute atomic E-state index is 12.7. The lowest BCUT2D eigenvalue weighted by atomic mass is 9.96. The van der Waals surface area contributed by atoms with Gasteiger partial charge >= 0.3 is 6.09 Å². The molecule has 0 aromatic heterocycles. The van der Waals surface area contributed by atoms with Gasteiger partial charge in [-0.2, -0.15) is 0 Å². The number of rotatable bonds is 4. The van der Waals surface area contributed by atoms with Gasteiger partial charge in [-0.05, 0) is 51.7 Å². The molecule has 26 heavy (non-hydrogen) atoms. The summed E-state index contributed by atoms with van der Waals surface area (Å²) >= 11 is 0. The van der Waals surface area contributed by atoms with Gasteiger partial charge in [-0.1, -0.05) is 32.0 Å². The molecule has 144 valence electrons. The van der Waals surface area contributed by atoms with Crippen LogP contribution in [0.4, 0.5) is 10.5 Å². The molecule has 1 saturated heterocycles. The molecule has 0 N–H and O–H groups in total. The summed E-state index contributed by atoms with van der Waals surface area (Å²) in [5.74, 6) is 0.297. The van der Waals surface area contributed by atoms with Crippen molar-refractivity contribution in [3.63, 3.8) is 0 Å². The standard InChI is InChI=1S/C21H32N2O3/c1-16(2)19(24)23(18-11-7-6-8-12-18)15-17-10-9-13-22(14-17)20(25)26-21(3,4)5/h6-8,11-12,16-17H,9-10,13-15H2,1-5H3. The van der Waals surface area contributed by atoms with Gasteiger partial charge in [0.1, 0.15) is 5.60 Å². The number of hydrogen-bond acceptors (Lipinski definition) is 3. The molecule has 1 aromatic carbocycles. The molecule has 5 heteroatoms. The van der Waals surface area contributed by atoms with Crippen molar-refractivity contribution in [2.75, 3.05) is 24.5 Å². The first-order valence-corrected chi connectivity index (χ1v) is 9.51. The number of carbonyl (C=O) groups excluding carboxylic acids is 2. The molecule has 0 saturated carbocycles. The molecule has 5 nitrogen and oxygen atoms in total. The van der Waals surface area contributed by atoms with Crippen LogP contribution in [0.1, 0.15) is 47.5 Å². The Morgan fingerprint density at radius 1 is 1.23 bits per heavy atom. The second-order valence-corrected chi connectivity index (χ2v) is 8.37. The molecule has 1 heterocycles. The average Bonchev–Trinajstić information content (AvgIpc) is 2.58. The van der Waals surface area contributed by atoms with E-state index in [1.807, 2.05) is 69.9 Å². The third-order valence-electron chi connectivity index (χ3n) is 4.44. The summed E-state index contributed by atoms with van der Waals surface area (Å²) in [5.41, 5.74) is 0.425. The highest BCUT2D eigenvalue weighted by atomic mass is 16.6. The fourth-order valence-electron chi connectivity index (χ4n) is 3.21. The van der Waals surface area contributed by atoms with Crippen LogP contribution in [-0.2, 0) is 9.53 Å². The molecule has 1 aliphatic heterocycles. The number of amides is 2. The highest BCUT2D eigenvalue weighted by molar-refractivity contribution is 5.94. The lowest BCUT2D eigenvalue weighted by molar-refractivity contribution is -0.121. The molecule has 2 amide bonds. The third kappa shape index (κ3) is 5.75. The van der Waals surface area contributed by atoms with Crippen LogP contribution in [0.5, 0.6) is 0 Å². The normalized spacial score (nSPS) is 17.9. The second kappa shape index (κ2) is 8.56. The predicted molar refractivity (Wildman–Crippen MR) is 104 cm³/mol. The van der Waals surface area contributed by atoms with Crippen molar-refractivity contribution >= 4 is 17.7 Å². The van der Waals surface area contributed by atoms with Crippen molar-refractivity contribution in [1.82, 2.24) is 4.90 Å². The van der Waals surface area contributed by atoms with Crippen LogP contribution >= 0.6 is 0 Å². The Labute approximate surface area is 157 Å². The topological polar surface area (TPSA) is 49.9 Å². The first kappa shape index (κ1) is 20.3. The second-order valence-electron chi connectivity index (χ2n) is 8.37. The van der Waals surface area contributed by atoms with Crippen molar-refractivity contribution in [3.05, 3.63) is 30.3 Å². The Morgan fingerprint density at radius 2 is 1.88 bits per heavy atom. The minimum atomic E-state index is -0.492. The van der Waals surface area contributed by atoms with Gasteiger partial charge in [-0.15, -0.1) is 0 Å². The molecule has 1 atom stereocenters. The lowest BCUT2D eigenvalue weighted by Gasteiger charge is -2.36. The third-order valence-corrected chi connectivity index (χ3v) is 4.44. The van der Waals surface area contributed by atoms with Crippen LogP contribution in [0.15, 0.2) is 30.3 Å². The number of ether oxygens (including phenoxy) is 1. The van der Waals surface area contributed by atoms with Crippen molar-refractivity contribution in [2.24, 2.45) is 11.8 Å². The highest BCUT2D eigenvalue weighted by Gasteiger charge is 2.30. The van der Waals surface area contributed by atoms with E-state index in [9.17, 15) is 9.59 Å². The van der Waals surface area contributed by atoms with E-state index in [-0.39, 0.29) is 23.8 Å². The van der Waals surface area contributed by atoms with Crippen LogP contribution in [-0.4, -0.2) is 42.1 Å². The van der Waals surface area contributed by atoms with E-state index in [0.29, 0.717) is 13.1 Å². The zero-order chi connectivity index (χ0) is 19.3. The summed E-state index contributed by atoms with van der Waals surface area (Å²) < 4.78 is 5.51. The van der Waals surface area contributed by atoms with E-state index in [1.54, 1.807) is 4.90 Å². The fraction of sp³-hybridized carbons (Fsp3) is 0.619. The number of para-hydroxylation sites is 1. The summed E-state index contributed by atoms with van der Waals surface area (Å²) in [6.45, 7) is 11.5. The molecular weight excluding hydrogens is 328 g/mol. The Balaban J connectivity index is 2.08. The fourth-order valence-corrected chi connectivity index (χ4v) is 3.21. The number of anilines is 1. The maximum Gasteiger partial charge on any atom is 0.410 e. The van der Waals surface area contributed by atoms with E-state index in [2.05, 4.69) is 0 Å². The van der Waals surface area contributed by atoms with Gasteiger partial charge < -0.3 is 14.5 Å². The van der Waals surface area contributed by atoms with Gasteiger partial charge in [-0.3, -0.25) is 4.79 Å². The molecule has 1 aliphatic rings. The quantitative estimate of drug-likeness (QED) is 0.803. The smallest absolute Gasteiger partial charge is 0.410 e. The number of benzene rings is 1. The van der Waals surface area contributed by atoms with Crippen LogP contribution in [0.3, 0.4) is 0 Å². The van der Waals surface area contributed by atoms with Crippen molar-refractivity contribution < 1.29 is 14.3 Å². The van der Waals surface area contributed by atoms with Crippen LogP contribution in [0, 0.1) is 11.8 Å². The van der Waals surface area contributed by atoms with E-state index in [1.165, 1.54) is 0 Å². The molecule has 2 rings (SSSR count). The van der Waals surface area contributed by atoms with Gasteiger partial charge in [0.2, 0.25) is 5.91 Å². The van der Waals surface area contributed by atoms with Gasteiger partial charge in [0.25, 0.3) is 0 Å². The lowest BCUT2D eigenvalue weighted by Crippen LogP contribution is -2.47. The zero-order valence-corrected chi connectivity index (χ0v) is 16.7. The summed E-state index contributed by atoms with van der Waals surface area (Å²) in [5, 5.41) is 0. The summed E-state index contributed by atoms with van der Waals surface area (Å²) in [6, 6.07) is 9.78. The van der Waals surface area contributed by atoms with Crippen molar-refractivity contribution in [1.29, 1.82) is 0 Å². The highest BCUT2D eigenvalue weighted by Crippen LogP contribution is 2.24. The van der Waals surface area contributed by atoms with Crippen LogP contribution in [0.25, 0.3) is 0 Å². The molecular formula is C21H32N2O3. The van der Waals surface area contributed by atoms with Gasteiger partial charge in [-0.25, -0.2) is 4.79 Å². The molecule has 1 aromatic rings. The Morgan fingerprint density at radius 3 is 2.46 bits per heavy atom. The first-order chi connectivity index (χ1) is 12.2. The predicted octanol–water partition coefficient (Wildman–Crippen LogP) is 4.32. The van der Waals surface area contributed by atoms with Crippen molar-refractivity contribution in [3.8, 4) is 0 Å². The maximum atomic E-state index is 12.7. The molecule has 0 radical (unpaired) electrons. The number of carbonyl (C=O) groups is 2. The van der Waals surface area contributed by atoms with Crippen molar-refractivity contribution in [2.45, 2.75) is 53.1 Å². The Kier molecular flexibility index (Phi) is 6.68. The Hall–Kier alpha value is -2.04. The van der Waals surface area contributed by atoms with E-state index >= 15 is 0 Å². The average molecular weight is 360 g/mol. The number of likely N-dealkylation sites (tertiary alicyclic amines) is 1. The summed E-state index contributed by atoms with van der Waals surface area (Å²) in [6.07, 6.45) is 1.68. The number of hydrogen-bond donors (Lipinski definition) is 0. The minimum Gasteiger partial charge on any atom is -0.444 e. The molecule has 0 bridgehead atoms. The summed E-state index contributed by atoms with van der Waals surface area (Å²) in [4.78, 5) is 28.8. The van der Waals surface area contributed by atoms with E-state index in [0.717, 1.165) is 25.1 Å². The van der Waals surface area contributed by atoms with E-state index in [4.69, 9.17) is 4.74 Å². The van der Waals surface area contributed by atoms with Gasteiger partial charge in [0.15, 0.2) is 0 Å². The first-order valence-electron chi connectivity index (χ1n) is 9.51.